The molecule has 0 atom stereocenters. The highest BCUT2D eigenvalue weighted by molar-refractivity contribution is 5.86. The Bertz CT molecular complexity index is 772. The molecule has 5 nitrogen and oxygen atoms in total. The van der Waals surface area contributed by atoms with Crippen molar-refractivity contribution in [2.45, 2.75) is 0 Å². The van der Waals surface area contributed by atoms with Crippen molar-refractivity contribution >= 4 is 5.82 Å². The van der Waals surface area contributed by atoms with E-state index in [1.165, 1.54) is 13.2 Å². The Kier molecular flexibility index (Phi) is 3.27. The number of nitrogen functional groups attached to an aromatic ring is 1. The highest BCUT2D eigenvalue weighted by atomic mass is 19.1. The highest BCUT2D eigenvalue weighted by Gasteiger charge is 2.20. The Labute approximate surface area is 120 Å². The summed E-state index contributed by atoms with van der Waals surface area (Å²) in [5.41, 5.74) is 7.33. The lowest BCUT2D eigenvalue weighted by Crippen LogP contribution is -1.91. The van der Waals surface area contributed by atoms with E-state index in [1.54, 1.807) is 36.7 Å². The van der Waals surface area contributed by atoms with Gasteiger partial charge in [0, 0.05) is 24.0 Å². The van der Waals surface area contributed by atoms with Gasteiger partial charge in [0.25, 0.3) is 0 Å². The van der Waals surface area contributed by atoms with Crippen molar-refractivity contribution in [3.05, 3.63) is 48.5 Å². The maximum Gasteiger partial charge on any atom is 0.179 e. The molecular weight excluding hydrogens is 273 g/mol. The van der Waals surface area contributed by atoms with Gasteiger partial charge in [-0.3, -0.25) is 4.98 Å². The zero-order chi connectivity index (χ0) is 14.8. The van der Waals surface area contributed by atoms with E-state index in [1.807, 2.05) is 0 Å². The summed E-state index contributed by atoms with van der Waals surface area (Å²) >= 11 is 0. The highest BCUT2D eigenvalue weighted by Crippen LogP contribution is 2.37. The molecule has 106 valence electrons. The van der Waals surface area contributed by atoms with Crippen molar-refractivity contribution in [3.63, 3.8) is 0 Å². The predicted octanol–water partition coefficient (Wildman–Crippen LogP) is 3.13. The van der Waals surface area contributed by atoms with Crippen LogP contribution in [0.1, 0.15) is 0 Å². The third kappa shape index (κ3) is 2.31. The molecule has 0 aliphatic carbocycles. The number of anilines is 1. The SMILES string of the molecule is COc1ccc(-c2onc(N)c2-c2cccnc2)c(F)c1. The second-order valence-corrected chi connectivity index (χ2v) is 4.36. The van der Waals surface area contributed by atoms with E-state index in [0.717, 1.165) is 0 Å². The van der Waals surface area contributed by atoms with Crippen molar-refractivity contribution in [1.82, 2.24) is 10.1 Å². The summed E-state index contributed by atoms with van der Waals surface area (Å²) in [5.74, 6) is 0.399. The molecule has 0 fully saturated rings. The van der Waals surface area contributed by atoms with E-state index < -0.39 is 5.82 Å². The van der Waals surface area contributed by atoms with E-state index in [4.69, 9.17) is 15.0 Å². The lowest BCUT2D eigenvalue weighted by molar-refractivity contribution is 0.410. The maximum atomic E-state index is 14.2. The van der Waals surface area contributed by atoms with Crippen LogP contribution in [0.5, 0.6) is 5.75 Å². The van der Waals surface area contributed by atoms with Gasteiger partial charge in [-0.2, -0.15) is 0 Å². The van der Waals surface area contributed by atoms with Crippen LogP contribution in [0, 0.1) is 5.82 Å². The number of pyridine rings is 1. The Morgan fingerprint density at radius 3 is 2.81 bits per heavy atom. The first-order valence-corrected chi connectivity index (χ1v) is 6.20. The number of aromatic nitrogens is 2. The van der Waals surface area contributed by atoms with Crippen LogP contribution in [-0.2, 0) is 0 Å². The minimum atomic E-state index is -0.476. The fraction of sp³-hybridized carbons (Fsp3) is 0.0667. The molecule has 21 heavy (non-hydrogen) atoms. The van der Waals surface area contributed by atoms with Gasteiger partial charge >= 0.3 is 0 Å². The standard InChI is InChI=1S/C15H12FN3O2/c1-20-10-4-5-11(12(16)7-10)14-13(15(17)19-21-14)9-3-2-6-18-8-9/h2-8H,1H3,(H2,17,19). The minimum Gasteiger partial charge on any atom is -0.497 e. The topological polar surface area (TPSA) is 74.2 Å². The fourth-order valence-electron chi connectivity index (χ4n) is 2.08. The lowest BCUT2D eigenvalue weighted by atomic mass is 10.0. The van der Waals surface area contributed by atoms with Crippen molar-refractivity contribution in [3.8, 4) is 28.2 Å². The third-order valence-corrected chi connectivity index (χ3v) is 3.09. The summed E-state index contributed by atoms with van der Waals surface area (Å²) < 4.78 is 24.4. The Balaban J connectivity index is 2.17. The number of methoxy groups -OCH3 is 1. The number of rotatable bonds is 3. The molecule has 0 aliphatic heterocycles. The fourth-order valence-corrected chi connectivity index (χ4v) is 2.08. The van der Waals surface area contributed by atoms with Crippen LogP contribution in [0.4, 0.5) is 10.2 Å². The number of halogens is 1. The summed E-state index contributed by atoms with van der Waals surface area (Å²) in [6, 6.07) is 8.05. The van der Waals surface area contributed by atoms with Crippen LogP contribution < -0.4 is 10.5 Å². The molecule has 0 amide bonds. The largest absolute Gasteiger partial charge is 0.497 e. The van der Waals surface area contributed by atoms with Crippen LogP contribution in [0.25, 0.3) is 22.5 Å². The zero-order valence-corrected chi connectivity index (χ0v) is 11.2. The van der Waals surface area contributed by atoms with Gasteiger partial charge in [0.2, 0.25) is 0 Å². The van der Waals surface area contributed by atoms with E-state index in [0.29, 0.717) is 16.9 Å². The number of benzene rings is 1. The van der Waals surface area contributed by atoms with Crippen molar-refractivity contribution in [2.24, 2.45) is 0 Å². The molecule has 0 spiro atoms. The number of hydrogen-bond donors (Lipinski definition) is 1. The van der Waals surface area contributed by atoms with Gasteiger partial charge in [0.15, 0.2) is 11.6 Å². The van der Waals surface area contributed by atoms with E-state index >= 15 is 0 Å². The molecule has 0 aliphatic rings. The number of nitrogens with zero attached hydrogens (tertiary/aromatic N) is 2. The molecule has 2 heterocycles. The molecular formula is C15H12FN3O2. The van der Waals surface area contributed by atoms with Gasteiger partial charge in [0.05, 0.1) is 18.2 Å². The Morgan fingerprint density at radius 1 is 1.29 bits per heavy atom. The molecule has 6 heteroatoms. The van der Waals surface area contributed by atoms with Crippen LogP contribution >= 0.6 is 0 Å². The molecule has 0 unspecified atom stereocenters. The first kappa shape index (κ1) is 13.1. The first-order valence-electron chi connectivity index (χ1n) is 6.20. The van der Waals surface area contributed by atoms with Crippen molar-refractivity contribution < 1.29 is 13.7 Å². The van der Waals surface area contributed by atoms with Gasteiger partial charge in [-0.15, -0.1) is 0 Å². The lowest BCUT2D eigenvalue weighted by Gasteiger charge is -2.05. The molecule has 0 bridgehead atoms. The molecule has 0 saturated heterocycles. The van der Waals surface area contributed by atoms with Gasteiger partial charge in [0.1, 0.15) is 11.6 Å². The smallest absolute Gasteiger partial charge is 0.179 e. The molecule has 2 N–H and O–H groups in total. The number of ether oxygens (including phenoxy) is 1. The second-order valence-electron chi connectivity index (χ2n) is 4.36. The summed E-state index contributed by atoms with van der Waals surface area (Å²) in [6.45, 7) is 0. The average Bonchev–Trinajstić information content (AvgIpc) is 2.89. The Hall–Kier alpha value is -2.89. The van der Waals surface area contributed by atoms with Crippen LogP contribution in [0.3, 0.4) is 0 Å². The maximum absolute atomic E-state index is 14.2. The van der Waals surface area contributed by atoms with Crippen LogP contribution in [0.2, 0.25) is 0 Å². The van der Waals surface area contributed by atoms with Crippen LogP contribution in [0.15, 0.2) is 47.2 Å². The molecule has 3 rings (SSSR count). The molecule has 2 aromatic heterocycles. The molecule has 0 saturated carbocycles. The summed E-state index contributed by atoms with van der Waals surface area (Å²) in [5, 5.41) is 3.73. The van der Waals surface area contributed by atoms with E-state index in [-0.39, 0.29) is 17.1 Å². The molecule has 3 aromatic rings. The van der Waals surface area contributed by atoms with Crippen molar-refractivity contribution in [1.29, 1.82) is 0 Å². The van der Waals surface area contributed by atoms with Gasteiger partial charge < -0.3 is 15.0 Å². The number of nitrogens with two attached hydrogens (primary N) is 1. The van der Waals surface area contributed by atoms with Crippen molar-refractivity contribution in [2.75, 3.05) is 12.8 Å². The van der Waals surface area contributed by atoms with Gasteiger partial charge in [-0.25, -0.2) is 4.39 Å². The summed E-state index contributed by atoms with van der Waals surface area (Å²) in [4.78, 5) is 4.03. The monoisotopic (exact) mass is 285 g/mol. The summed E-state index contributed by atoms with van der Waals surface area (Å²) in [6.07, 6.45) is 3.26. The predicted molar refractivity (Wildman–Crippen MR) is 76.1 cm³/mol. The quantitative estimate of drug-likeness (QED) is 0.800. The first-order chi connectivity index (χ1) is 10.2. The normalized spacial score (nSPS) is 10.6. The average molecular weight is 285 g/mol. The second kappa shape index (κ2) is 5.24. The minimum absolute atomic E-state index is 0.188. The third-order valence-electron chi connectivity index (χ3n) is 3.09. The van der Waals surface area contributed by atoms with E-state index in [2.05, 4.69) is 10.1 Å². The summed E-state index contributed by atoms with van der Waals surface area (Å²) in [7, 11) is 1.47. The number of hydrogen-bond acceptors (Lipinski definition) is 5. The Morgan fingerprint density at radius 2 is 2.14 bits per heavy atom. The zero-order valence-electron chi connectivity index (χ0n) is 11.2. The van der Waals surface area contributed by atoms with Gasteiger partial charge in [-0.05, 0) is 18.2 Å². The van der Waals surface area contributed by atoms with Crippen LogP contribution in [-0.4, -0.2) is 17.3 Å². The molecule has 0 radical (unpaired) electrons. The van der Waals surface area contributed by atoms with E-state index in [9.17, 15) is 4.39 Å². The molecule has 1 aromatic carbocycles. The van der Waals surface area contributed by atoms with Gasteiger partial charge in [-0.1, -0.05) is 11.2 Å².